The zero-order valence-corrected chi connectivity index (χ0v) is 10.9. The summed E-state index contributed by atoms with van der Waals surface area (Å²) in [7, 11) is 0. The Balaban J connectivity index is 1.74. The van der Waals surface area contributed by atoms with Crippen LogP contribution in [-0.2, 0) is 0 Å². The maximum absolute atomic E-state index is 12.1. The first-order chi connectivity index (χ1) is 9.16. The molecule has 3 heteroatoms. The average molecular weight is 254 g/mol. The molecular formula is C16H18N2O. The van der Waals surface area contributed by atoms with Gasteiger partial charge in [0.05, 0.1) is 0 Å². The Bertz CT molecular complexity index is 617. The molecule has 0 unspecified atom stereocenters. The minimum absolute atomic E-state index is 0.0394. The summed E-state index contributed by atoms with van der Waals surface area (Å²) < 4.78 is 0. The molecule has 0 bridgehead atoms. The minimum atomic E-state index is -0.174. The number of benzene rings is 2. The number of carbonyl (C=O) groups excluding carboxylic acids is 1. The second-order valence-electron chi connectivity index (χ2n) is 5.46. The monoisotopic (exact) mass is 254 g/mol. The van der Waals surface area contributed by atoms with Crippen molar-refractivity contribution >= 4 is 16.7 Å². The van der Waals surface area contributed by atoms with Crippen molar-refractivity contribution in [3.63, 3.8) is 0 Å². The van der Waals surface area contributed by atoms with Crippen LogP contribution in [0.25, 0.3) is 10.8 Å². The van der Waals surface area contributed by atoms with Crippen LogP contribution in [0.5, 0.6) is 0 Å². The van der Waals surface area contributed by atoms with Crippen LogP contribution >= 0.6 is 0 Å². The highest BCUT2D eigenvalue weighted by Crippen LogP contribution is 2.28. The summed E-state index contributed by atoms with van der Waals surface area (Å²) in [6, 6.07) is 13.8. The number of hydrogen-bond donors (Lipinski definition) is 2. The van der Waals surface area contributed by atoms with E-state index in [1.54, 1.807) is 0 Å². The van der Waals surface area contributed by atoms with Gasteiger partial charge in [0.25, 0.3) is 5.91 Å². The van der Waals surface area contributed by atoms with E-state index in [1.807, 2.05) is 42.5 Å². The maximum atomic E-state index is 12.1. The van der Waals surface area contributed by atoms with Crippen LogP contribution in [0.1, 0.15) is 29.6 Å². The molecule has 1 saturated carbocycles. The SMILES string of the molecule is NC1(CNC(=O)c2ccc3ccccc3c2)CCC1. The van der Waals surface area contributed by atoms with Crippen molar-refractivity contribution in [2.45, 2.75) is 24.8 Å². The lowest BCUT2D eigenvalue weighted by Crippen LogP contribution is -2.54. The molecule has 0 atom stereocenters. The first-order valence-electron chi connectivity index (χ1n) is 6.72. The molecule has 19 heavy (non-hydrogen) atoms. The van der Waals surface area contributed by atoms with Gasteiger partial charge in [0.15, 0.2) is 0 Å². The molecule has 0 spiro atoms. The highest BCUT2D eigenvalue weighted by atomic mass is 16.1. The van der Waals surface area contributed by atoms with Crippen LogP contribution in [0.15, 0.2) is 42.5 Å². The van der Waals surface area contributed by atoms with Crippen LogP contribution in [0.2, 0.25) is 0 Å². The normalized spacial score (nSPS) is 16.9. The van der Waals surface area contributed by atoms with Crippen molar-refractivity contribution in [1.29, 1.82) is 0 Å². The van der Waals surface area contributed by atoms with Gasteiger partial charge < -0.3 is 11.1 Å². The molecule has 2 aromatic rings. The van der Waals surface area contributed by atoms with Gasteiger partial charge in [-0.3, -0.25) is 4.79 Å². The molecule has 1 amide bonds. The molecule has 2 aromatic carbocycles. The topological polar surface area (TPSA) is 55.1 Å². The van der Waals surface area contributed by atoms with Crippen molar-refractivity contribution < 1.29 is 4.79 Å². The van der Waals surface area contributed by atoms with Crippen molar-refractivity contribution in [2.24, 2.45) is 5.73 Å². The van der Waals surface area contributed by atoms with E-state index < -0.39 is 0 Å². The Kier molecular flexibility index (Phi) is 2.99. The summed E-state index contributed by atoms with van der Waals surface area (Å²) in [6.45, 7) is 0.568. The summed E-state index contributed by atoms with van der Waals surface area (Å²) in [5.41, 5.74) is 6.63. The number of nitrogens with two attached hydrogens (primary N) is 1. The smallest absolute Gasteiger partial charge is 0.251 e. The summed E-state index contributed by atoms with van der Waals surface area (Å²) in [5.74, 6) is -0.0394. The number of amides is 1. The predicted molar refractivity (Wildman–Crippen MR) is 77.1 cm³/mol. The van der Waals surface area contributed by atoms with Gasteiger partial charge in [0.2, 0.25) is 0 Å². The fraction of sp³-hybridized carbons (Fsp3) is 0.312. The van der Waals surface area contributed by atoms with Gasteiger partial charge in [-0.05, 0) is 42.2 Å². The Hall–Kier alpha value is -1.87. The molecule has 3 N–H and O–H groups in total. The van der Waals surface area contributed by atoms with Crippen molar-refractivity contribution in [1.82, 2.24) is 5.32 Å². The highest BCUT2D eigenvalue weighted by molar-refractivity contribution is 5.98. The molecule has 1 aliphatic carbocycles. The molecular weight excluding hydrogens is 236 g/mol. The number of nitrogens with one attached hydrogen (secondary N) is 1. The van der Waals surface area contributed by atoms with Crippen LogP contribution in [-0.4, -0.2) is 18.0 Å². The molecule has 1 aliphatic rings. The number of rotatable bonds is 3. The van der Waals surface area contributed by atoms with E-state index in [0.29, 0.717) is 12.1 Å². The van der Waals surface area contributed by atoms with Crippen LogP contribution < -0.4 is 11.1 Å². The first-order valence-corrected chi connectivity index (χ1v) is 6.72. The Morgan fingerprint density at radius 1 is 1.16 bits per heavy atom. The molecule has 0 aliphatic heterocycles. The maximum Gasteiger partial charge on any atom is 0.251 e. The summed E-state index contributed by atoms with van der Waals surface area (Å²) in [4.78, 5) is 12.1. The largest absolute Gasteiger partial charge is 0.350 e. The molecule has 3 rings (SSSR count). The van der Waals surface area contributed by atoms with Crippen molar-refractivity contribution in [3.8, 4) is 0 Å². The van der Waals surface area contributed by atoms with Crippen LogP contribution in [0.3, 0.4) is 0 Å². The van der Waals surface area contributed by atoms with E-state index >= 15 is 0 Å². The van der Waals surface area contributed by atoms with E-state index in [0.717, 1.165) is 23.6 Å². The van der Waals surface area contributed by atoms with Gasteiger partial charge in [-0.25, -0.2) is 0 Å². The second kappa shape index (κ2) is 4.67. The van der Waals surface area contributed by atoms with Gasteiger partial charge >= 0.3 is 0 Å². The Morgan fingerprint density at radius 2 is 1.89 bits per heavy atom. The van der Waals surface area contributed by atoms with Crippen LogP contribution in [0.4, 0.5) is 0 Å². The van der Waals surface area contributed by atoms with Crippen molar-refractivity contribution in [2.75, 3.05) is 6.54 Å². The summed E-state index contributed by atoms with van der Waals surface area (Å²) in [6.07, 6.45) is 3.18. The number of fused-ring (bicyclic) bond motifs is 1. The van der Waals surface area contributed by atoms with E-state index in [-0.39, 0.29) is 11.4 Å². The number of carbonyl (C=O) groups is 1. The molecule has 0 radical (unpaired) electrons. The highest BCUT2D eigenvalue weighted by Gasteiger charge is 2.32. The average Bonchev–Trinajstić information content (AvgIpc) is 2.42. The summed E-state index contributed by atoms with van der Waals surface area (Å²) >= 11 is 0. The second-order valence-corrected chi connectivity index (χ2v) is 5.46. The Morgan fingerprint density at radius 3 is 2.58 bits per heavy atom. The summed E-state index contributed by atoms with van der Waals surface area (Å²) in [5, 5.41) is 5.17. The molecule has 0 aromatic heterocycles. The van der Waals surface area contributed by atoms with Crippen LogP contribution in [0, 0.1) is 0 Å². The minimum Gasteiger partial charge on any atom is -0.350 e. The van der Waals surface area contributed by atoms with Gasteiger partial charge in [-0.1, -0.05) is 30.3 Å². The third-order valence-electron chi connectivity index (χ3n) is 3.96. The van der Waals surface area contributed by atoms with Gasteiger partial charge in [0.1, 0.15) is 0 Å². The fourth-order valence-corrected chi connectivity index (χ4v) is 2.50. The first kappa shape index (κ1) is 12.2. The zero-order chi connectivity index (χ0) is 13.3. The standard InChI is InChI=1S/C16H18N2O/c17-16(8-3-9-16)11-18-15(19)14-7-6-12-4-1-2-5-13(12)10-14/h1-2,4-7,10H,3,8-9,11,17H2,(H,18,19). The molecule has 3 nitrogen and oxygen atoms in total. The van der Waals surface area contributed by atoms with E-state index in [1.165, 1.54) is 6.42 Å². The number of hydrogen-bond acceptors (Lipinski definition) is 2. The van der Waals surface area contributed by atoms with E-state index in [2.05, 4.69) is 5.32 Å². The van der Waals surface area contributed by atoms with Gasteiger partial charge in [0, 0.05) is 17.6 Å². The molecule has 98 valence electrons. The molecule has 0 heterocycles. The lowest BCUT2D eigenvalue weighted by Gasteiger charge is -2.38. The van der Waals surface area contributed by atoms with E-state index in [4.69, 9.17) is 5.73 Å². The Labute approximate surface area is 112 Å². The molecule has 0 saturated heterocycles. The lowest BCUT2D eigenvalue weighted by atomic mass is 9.78. The zero-order valence-electron chi connectivity index (χ0n) is 10.9. The molecule has 1 fully saturated rings. The van der Waals surface area contributed by atoms with E-state index in [9.17, 15) is 4.79 Å². The lowest BCUT2D eigenvalue weighted by molar-refractivity contribution is 0.0930. The van der Waals surface area contributed by atoms with Gasteiger partial charge in [-0.15, -0.1) is 0 Å². The third-order valence-corrected chi connectivity index (χ3v) is 3.96. The fourth-order valence-electron chi connectivity index (χ4n) is 2.50. The third kappa shape index (κ3) is 2.47. The van der Waals surface area contributed by atoms with Crippen molar-refractivity contribution in [3.05, 3.63) is 48.0 Å². The quantitative estimate of drug-likeness (QED) is 0.884. The van der Waals surface area contributed by atoms with Gasteiger partial charge in [-0.2, -0.15) is 0 Å². The predicted octanol–water partition coefficient (Wildman–Crippen LogP) is 2.45.